The molecule has 3 aromatic rings. The van der Waals surface area contributed by atoms with Gasteiger partial charge >= 0.3 is 12.1 Å². The molecule has 37 heavy (non-hydrogen) atoms. The van der Waals surface area contributed by atoms with Crippen LogP contribution in [0.2, 0.25) is 0 Å². The summed E-state index contributed by atoms with van der Waals surface area (Å²) in [6.07, 6.45) is -6.09. The number of hydrogen-bond acceptors (Lipinski definition) is 4. The normalized spacial score (nSPS) is 16.7. The third-order valence-corrected chi connectivity index (χ3v) is 6.85. The Bertz CT molecular complexity index is 1500. The summed E-state index contributed by atoms with van der Waals surface area (Å²) < 4.78 is 133. The standard InChI is InChI=1S/C24H16F8N2O2S/c1-37(35,36)21-8-5-14(10-18(21)27)13-3-2-4-15(9-13)20-12-22(23(28,29)24(30,31)32)33-34(20)19-7-6-16(25)11-17(19)26/h2-11,20H,12H2,1H3. The zero-order chi connectivity index (χ0) is 27.3. The van der Waals surface area contributed by atoms with E-state index in [9.17, 15) is 43.5 Å². The van der Waals surface area contributed by atoms with E-state index in [0.29, 0.717) is 11.1 Å². The molecule has 1 aliphatic rings. The number of anilines is 1. The monoisotopic (exact) mass is 548 g/mol. The molecule has 0 aromatic heterocycles. The molecule has 0 fully saturated rings. The first-order chi connectivity index (χ1) is 17.1. The lowest BCUT2D eigenvalue weighted by atomic mass is 9.95. The van der Waals surface area contributed by atoms with E-state index in [2.05, 4.69) is 5.10 Å². The summed E-state index contributed by atoms with van der Waals surface area (Å²) in [5.74, 6) is -8.60. The van der Waals surface area contributed by atoms with Gasteiger partial charge in [0.2, 0.25) is 0 Å². The lowest BCUT2D eigenvalue weighted by Crippen LogP contribution is -2.43. The average molecular weight is 548 g/mol. The molecular formula is C24H16F8N2O2S. The Labute approximate surface area is 205 Å². The van der Waals surface area contributed by atoms with Gasteiger partial charge < -0.3 is 0 Å². The zero-order valence-corrected chi connectivity index (χ0v) is 19.5. The summed E-state index contributed by atoms with van der Waals surface area (Å²) >= 11 is 0. The van der Waals surface area contributed by atoms with Gasteiger partial charge in [0.1, 0.15) is 22.2 Å². The molecular weight excluding hydrogens is 532 g/mol. The molecule has 1 aliphatic heterocycles. The van der Waals surface area contributed by atoms with E-state index in [1.807, 2.05) is 0 Å². The molecule has 1 atom stereocenters. The van der Waals surface area contributed by atoms with Gasteiger partial charge in [-0.1, -0.05) is 24.3 Å². The van der Waals surface area contributed by atoms with Gasteiger partial charge in [-0.2, -0.15) is 27.1 Å². The molecule has 0 bridgehead atoms. The number of alkyl halides is 5. The Hall–Kier alpha value is -3.48. The molecule has 0 saturated carbocycles. The number of hydrogen-bond donors (Lipinski definition) is 0. The van der Waals surface area contributed by atoms with E-state index in [1.54, 1.807) is 0 Å². The zero-order valence-electron chi connectivity index (χ0n) is 18.7. The van der Waals surface area contributed by atoms with Crippen molar-refractivity contribution in [2.45, 2.75) is 29.5 Å². The summed E-state index contributed by atoms with van der Waals surface area (Å²) in [6, 6.07) is 9.60. The first-order valence-electron chi connectivity index (χ1n) is 10.5. The van der Waals surface area contributed by atoms with Crippen LogP contribution in [0, 0.1) is 17.5 Å². The predicted molar refractivity (Wildman–Crippen MR) is 120 cm³/mol. The average Bonchev–Trinajstić information content (AvgIpc) is 3.23. The minimum absolute atomic E-state index is 0.116. The lowest BCUT2D eigenvalue weighted by Gasteiger charge is -2.25. The van der Waals surface area contributed by atoms with E-state index in [0.717, 1.165) is 30.5 Å². The Kier molecular flexibility index (Phi) is 6.55. The number of halogens is 8. The molecule has 3 aromatic carbocycles. The Morgan fingerprint density at radius 1 is 0.865 bits per heavy atom. The van der Waals surface area contributed by atoms with Crippen LogP contribution in [0.4, 0.5) is 40.8 Å². The fourth-order valence-corrected chi connectivity index (χ4v) is 4.65. The van der Waals surface area contributed by atoms with Crippen LogP contribution in [0.1, 0.15) is 18.0 Å². The van der Waals surface area contributed by atoms with Gasteiger partial charge in [-0.3, -0.25) is 5.01 Å². The van der Waals surface area contributed by atoms with Gasteiger partial charge in [0.25, 0.3) is 0 Å². The second-order valence-electron chi connectivity index (χ2n) is 8.32. The summed E-state index contributed by atoms with van der Waals surface area (Å²) in [6.45, 7) is 0. The van der Waals surface area contributed by atoms with Gasteiger partial charge in [-0.15, -0.1) is 0 Å². The maximum absolute atomic E-state index is 14.5. The maximum atomic E-state index is 14.5. The fraction of sp³-hybridized carbons (Fsp3) is 0.208. The van der Waals surface area contributed by atoms with Crippen molar-refractivity contribution in [1.82, 2.24) is 0 Å². The van der Waals surface area contributed by atoms with Gasteiger partial charge in [0, 0.05) is 18.7 Å². The SMILES string of the molecule is CS(=O)(=O)c1ccc(-c2cccc(C3CC(C(F)(F)C(F)(F)F)=NN3c3ccc(F)cc3F)c2)cc1F. The number of nitrogens with zero attached hydrogens (tertiary/aromatic N) is 2. The van der Waals surface area contributed by atoms with Crippen molar-refractivity contribution in [3.63, 3.8) is 0 Å². The molecule has 196 valence electrons. The van der Waals surface area contributed by atoms with Crippen LogP contribution >= 0.6 is 0 Å². The van der Waals surface area contributed by atoms with Crippen molar-refractivity contribution >= 4 is 21.2 Å². The van der Waals surface area contributed by atoms with Crippen LogP contribution in [0.15, 0.2) is 70.7 Å². The molecule has 4 nitrogen and oxygen atoms in total. The van der Waals surface area contributed by atoms with Crippen molar-refractivity contribution < 1.29 is 43.5 Å². The molecule has 0 saturated heterocycles. The minimum atomic E-state index is -5.96. The number of sulfone groups is 1. The molecule has 0 aliphatic carbocycles. The highest BCUT2D eigenvalue weighted by atomic mass is 32.2. The smallest absolute Gasteiger partial charge is 0.255 e. The Morgan fingerprint density at radius 3 is 2.14 bits per heavy atom. The summed E-state index contributed by atoms with van der Waals surface area (Å²) in [7, 11) is -3.85. The van der Waals surface area contributed by atoms with Crippen LogP contribution in [-0.4, -0.2) is 32.5 Å². The van der Waals surface area contributed by atoms with Crippen LogP contribution in [0.3, 0.4) is 0 Å². The van der Waals surface area contributed by atoms with E-state index < -0.39 is 68.1 Å². The molecule has 0 N–H and O–H groups in total. The van der Waals surface area contributed by atoms with E-state index in [1.165, 1.54) is 30.3 Å². The first-order valence-corrected chi connectivity index (χ1v) is 12.4. The van der Waals surface area contributed by atoms with Gasteiger partial charge in [0.05, 0.1) is 11.7 Å². The minimum Gasteiger partial charge on any atom is -0.255 e. The van der Waals surface area contributed by atoms with Crippen LogP contribution in [0.25, 0.3) is 11.1 Å². The largest absolute Gasteiger partial charge is 0.459 e. The molecule has 13 heteroatoms. The van der Waals surface area contributed by atoms with Crippen LogP contribution in [-0.2, 0) is 9.84 Å². The second kappa shape index (κ2) is 9.12. The van der Waals surface area contributed by atoms with Crippen molar-refractivity contribution in [1.29, 1.82) is 0 Å². The third-order valence-electron chi connectivity index (χ3n) is 5.72. The van der Waals surface area contributed by atoms with E-state index >= 15 is 0 Å². The molecule has 0 radical (unpaired) electrons. The number of benzene rings is 3. The number of hydrazone groups is 1. The van der Waals surface area contributed by atoms with Crippen LogP contribution < -0.4 is 5.01 Å². The van der Waals surface area contributed by atoms with Gasteiger partial charge in [-0.05, 0) is 47.0 Å². The Morgan fingerprint density at radius 2 is 1.54 bits per heavy atom. The quantitative estimate of drug-likeness (QED) is 0.335. The van der Waals surface area contributed by atoms with Crippen molar-refractivity contribution in [3.05, 3.63) is 83.7 Å². The van der Waals surface area contributed by atoms with Crippen LogP contribution in [0.5, 0.6) is 0 Å². The summed E-state index contributed by atoms with van der Waals surface area (Å²) in [5, 5.41) is 4.01. The van der Waals surface area contributed by atoms with E-state index in [4.69, 9.17) is 0 Å². The highest BCUT2D eigenvalue weighted by molar-refractivity contribution is 7.90. The van der Waals surface area contributed by atoms with Crippen molar-refractivity contribution in [2.24, 2.45) is 5.10 Å². The molecule has 0 amide bonds. The van der Waals surface area contributed by atoms with Gasteiger partial charge in [0.15, 0.2) is 15.7 Å². The Balaban J connectivity index is 1.79. The van der Waals surface area contributed by atoms with E-state index in [-0.39, 0.29) is 16.7 Å². The highest BCUT2D eigenvalue weighted by Gasteiger charge is 2.63. The molecule has 1 unspecified atom stereocenters. The molecule has 0 spiro atoms. The second-order valence-corrected chi connectivity index (χ2v) is 10.3. The van der Waals surface area contributed by atoms with Crippen molar-refractivity contribution in [3.8, 4) is 11.1 Å². The summed E-state index contributed by atoms with van der Waals surface area (Å²) in [4.78, 5) is -0.548. The van der Waals surface area contributed by atoms with Gasteiger partial charge in [-0.25, -0.2) is 21.6 Å². The topological polar surface area (TPSA) is 49.7 Å². The third kappa shape index (κ3) is 5.04. The van der Waals surface area contributed by atoms with Crippen molar-refractivity contribution in [2.75, 3.05) is 11.3 Å². The fourth-order valence-electron chi connectivity index (χ4n) is 3.92. The first kappa shape index (κ1) is 26.6. The number of rotatable bonds is 5. The molecule has 1 heterocycles. The lowest BCUT2D eigenvalue weighted by molar-refractivity contribution is -0.249. The molecule has 4 rings (SSSR count). The summed E-state index contributed by atoms with van der Waals surface area (Å²) in [5.41, 5.74) is -1.53. The predicted octanol–water partition coefficient (Wildman–Crippen LogP) is 6.68. The highest BCUT2D eigenvalue weighted by Crippen LogP contribution is 2.45. The maximum Gasteiger partial charge on any atom is 0.459 e.